The van der Waals surface area contributed by atoms with E-state index in [1.54, 1.807) is 39.7 Å². The van der Waals surface area contributed by atoms with Crippen LogP contribution < -0.4 is 29.7 Å². The van der Waals surface area contributed by atoms with Gasteiger partial charge in [-0.25, -0.2) is 4.98 Å². The Morgan fingerprint density at radius 3 is 2.45 bits per heavy atom. The van der Waals surface area contributed by atoms with Crippen LogP contribution in [-0.4, -0.2) is 50.3 Å². The number of methoxy groups -OCH3 is 3. The SMILES string of the molecule is COc1cc(Nc2nccc(N3CCC[C@H](C(=O)NCc4cccc(-c5ccc(Cl)cc5)c4)C3)n2)cc(OC)c1OC. The molecular weight excluding hydrogens is 554 g/mol. The zero-order chi connectivity index (χ0) is 29.5. The number of anilines is 3. The molecule has 2 N–H and O–H groups in total. The molecule has 0 radical (unpaired) electrons. The summed E-state index contributed by atoms with van der Waals surface area (Å²) in [5.74, 6) is 2.64. The van der Waals surface area contributed by atoms with E-state index in [1.807, 2.05) is 42.5 Å². The first kappa shape index (κ1) is 29.0. The molecular formula is C32H34ClN5O4. The zero-order valence-corrected chi connectivity index (χ0v) is 24.6. The predicted molar refractivity (Wildman–Crippen MR) is 165 cm³/mol. The fraction of sp³-hybridized carbons (Fsp3) is 0.281. The maximum absolute atomic E-state index is 13.2. The Morgan fingerprint density at radius 2 is 1.74 bits per heavy atom. The lowest BCUT2D eigenvalue weighted by atomic mass is 9.97. The quantitative estimate of drug-likeness (QED) is 0.230. The number of carbonyl (C=O) groups is 1. The molecule has 1 fully saturated rings. The van der Waals surface area contributed by atoms with Gasteiger partial charge in [0.05, 0.1) is 27.2 Å². The van der Waals surface area contributed by atoms with Crippen LogP contribution in [0.1, 0.15) is 18.4 Å². The molecule has 1 aliphatic rings. The summed E-state index contributed by atoms with van der Waals surface area (Å²) in [4.78, 5) is 24.4. The summed E-state index contributed by atoms with van der Waals surface area (Å²) in [5, 5.41) is 7.07. The van der Waals surface area contributed by atoms with E-state index in [4.69, 9.17) is 30.8 Å². The van der Waals surface area contributed by atoms with Gasteiger partial charge < -0.3 is 29.7 Å². The molecule has 0 aliphatic carbocycles. The smallest absolute Gasteiger partial charge is 0.229 e. The Labute approximate surface area is 250 Å². The Kier molecular flexibility index (Phi) is 9.28. The molecule has 218 valence electrons. The predicted octanol–water partition coefficient (Wildman–Crippen LogP) is 6.10. The van der Waals surface area contributed by atoms with Crippen LogP contribution in [0.15, 0.2) is 72.9 Å². The standard InChI is InChI=1S/C32H34ClN5O4/c1-40-27-17-26(18-28(41-2)30(27)42-3)36-32-34-14-13-29(37-32)38-15-5-8-24(20-38)31(39)35-19-21-6-4-7-23(16-21)22-9-11-25(33)12-10-22/h4,6-7,9-14,16-18,24H,5,8,15,19-20H2,1-3H3,(H,35,39)(H,34,36,37)/t24-/m0/s1. The van der Waals surface area contributed by atoms with Crippen LogP contribution in [0.3, 0.4) is 0 Å². The normalized spacial score (nSPS) is 14.7. The molecule has 1 atom stereocenters. The van der Waals surface area contributed by atoms with Gasteiger partial charge in [0.25, 0.3) is 0 Å². The van der Waals surface area contributed by atoms with E-state index in [0.717, 1.165) is 41.9 Å². The van der Waals surface area contributed by atoms with Crippen LogP contribution in [0.5, 0.6) is 17.2 Å². The van der Waals surface area contributed by atoms with Crippen molar-refractivity contribution >= 4 is 35.0 Å². The number of halogens is 1. The number of rotatable bonds is 10. The largest absolute Gasteiger partial charge is 0.493 e. The first-order chi connectivity index (χ1) is 20.5. The second-order valence-electron chi connectivity index (χ2n) is 9.99. The molecule has 1 aliphatic heterocycles. The van der Waals surface area contributed by atoms with Gasteiger partial charge in [-0.2, -0.15) is 4.98 Å². The number of ether oxygens (including phenoxy) is 3. The van der Waals surface area contributed by atoms with E-state index < -0.39 is 0 Å². The number of hydrogen-bond donors (Lipinski definition) is 2. The van der Waals surface area contributed by atoms with Crippen molar-refractivity contribution in [1.29, 1.82) is 0 Å². The molecule has 1 saturated heterocycles. The number of piperidine rings is 1. The molecule has 2 heterocycles. The van der Waals surface area contributed by atoms with E-state index >= 15 is 0 Å². The lowest BCUT2D eigenvalue weighted by molar-refractivity contribution is -0.125. The number of benzene rings is 3. The van der Waals surface area contributed by atoms with E-state index in [0.29, 0.717) is 47.0 Å². The first-order valence-electron chi connectivity index (χ1n) is 13.7. The van der Waals surface area contributed by atoms with Gasteiger partial charge in [0.1, 0.15) is 5.82 Å². The average molecular weight is 588 g/mol. The number of aromatic nitrogens is 2. The number of hydrogen-bond acceptors (Lipinski definition) is 8. The van der Waals surface area contributed by atoms with Crippen LogP contribution >= 0.6 is 11.6 Å². The summed E-state index contributed by atoms with van der Waals surface area (Å²) in [7, 11) is 4.70. The highest BCUT2D eigenvalue weighted by atomic mass is 35.5. The van der Waals surface area contributed by atoms with E-state index in [1.165, 1.54) is 0 Å². The maximum atomic E-state index is 13.2. The van der Waals surface area contributed by atoms with Gasteiger partial charge in [0.2, 0.25) is 17.6 Å². The molecule has 0 unspecified atom stereocenters. The van der Waals surface area contributed by atoms with Gasteiger partial charge in [0.15, 0.2) is 11.5 Å². The lowest BCUT2D eigenvalue weighted by Gasteiger charge is -2.33. The molecule has 3 aromatic carbocycles. The molecule has 0 saturated carbocycles. The molecule has 1 aromatic heterocycles. The van der Waals surface area contributed by atoms with Gasteiger partial charge >= 0.3 is 0 Å². The highest BCUT2D eigenvalue weighted by Crippen LogP contribution is 2.40. The number of carbonyl (C=O) groups excluding carboxylic acids is 1. The monoisotopic (exact) mass is 587 g/mol. The summed E-state index contributed by atoms with van der Waals surface area (Å²) < 4.78 is 16.3. The minimum absolute atomic E-state index is 0.0430. The third kappa shape index (κ3) is 6.86. The van der Waals surface area contributed by atoms with Crippen molar-refractivity contribution in [2.75, 3.05) is 44.6 Å². The molecule has 10 heteroatoms. The third-order valence-electron chi connectivity index (χ3n) is 7.25. The van der Waals surface area contributed by atoms with Crippen molar-refractivity contribution in [2.24, 2.45) is 5.92 Å². The highest BCUT2D eigenvalue weighted by Gasteiger charge is 2.27. The Morgan fingerprint density at radius 1 is 0.976 bits per heavy atom. The second-order valence-corrected chi connectivity index (χ2v) is 10.4. The highest BCUT2D eigenvalue weighted by molar-refractivity contribution is 6.30. The van der Waals surface area contributed by atoms with Gasteiger partial charge in [-0.05, 0) is 53.8 Å². The molecule has 4 aromatic rings. The van der Waals surface area contributed by atoms with E-state index in [9.17, 15) is 4.79 Å². The van der Waals surface area contributed by atoms with Crippen molar-refractivity contribution < 1.29 is 19.0 Å². The van der Waals surface area contributed by atoms with Gasteiger partial charge in [0, 0.05) is 48.7 Å². The summed E-state index contributed by atoms with van der Waals surface area (Å²) in [6, 6.07) is 21.4. The second kappa shape index (κ2) is 13.4. The molecule has 1 amide bonds. The molecule has 5 rings (SSSR count). The van der Waals surface area contributed by atoms with Crippen molar-refractivity contribution in [3.05, 3.63) is 83.5 Å². The van der Waals surface area contributed by atoms with Crippen LogP contribution in [0.4, 0.5) is 17.5 Å². The average Bonchev–Trinajstić information content (AvgIpc) is 3.03. The Bertz CT molecular complexity index is 1510. The zero-order valence-electron chi connectivity index (χ0n) is 23.9. The minimum atomic E-state index is -0.139. The van der Waals surface area contributed by atoms with E-state index in [2.05, 4.69) is 32.7 Å². The summed E-state index contributed by atoms with van der Waals surface area (Å²) in [6.45, 7) is 1.86. The van der Waals surface area contributed by atoms with Crippen molar-refractivity contribution in [3.63, 3.8) is 0 Å². The third-order valence-corrected chi connectivity index (χ3v) is 7.50. The van der Waals surface area contributed by atoms with Gasteiger partial charge in [-0.15, -0.1) is 0 Å². The number of nitrogens with one attached hydrogen (secondary N) is 2. The van der Waals surface area contributed by atoms with E-state index in [-0.39, 0.29) is 11.8 Å². The molecule has 9 nitrogen and oxygen atoms in total. The van der Waals surface area contributed by atoms with Crippen LogP contribution in [0.2, 0.25) is 5.02 Å². The van der Waals surface area contributed by atoms with Crippen molar-refractivity contribution in [2.45, 2.75) is 19.4 Å². The van der Waals surface area contributed by atoms with Crippen molar-refractivity contribution in [3.8, 4) is 28.4 Å². The topological polar surface area (TPSA) is 97.8 Å². The Balaban J connectivity index is 1.22. The first-order valence-corrected chi connectivity index (χ1v) is 14.1. The number of amides is 1. The van der Waals surface area contributed by atoms with Crippen LogP contribution in [0.25, 0.3) is 11.1 Å². The maximum Gasteiger partial charge on any atom is 0.229 e. The lowest BCUT2D eigenvalue weighted by Crippen LogP contribution is -2.43. The number of nitrogens with zero attached hydrogens (tertiary/aromatic N) is 3. The minimum Gasteiger partial charge on any atom is -0.493 e. The van der Waals surface area contributed by atoms with Gasteiger partial charge in [-0.3, -0.25) is 4.79 Å². The van der Waals surface area contributed by atoms with Crippen LogP contribution in [0, 0.1) is 5.92 Å². The van der Waals surface area contributed by atoms with Gasteiger partial charge in [-0.1, -0.05) is 41.9 Å². The molecule has 0 spiro atoms. The Hall–Kier alpha value is -4.50. The fourth-order valence-electron chi connectivity index (χ4n) is 5.10. The summed E-state index contributed by atoms with van der Waals surface area (Å²) >= 11 is 6.04. The summed E-state index contributed by atoms with van der Waals surface area (Å²) in [5.41, 5.74) is 3.90. The summed E-state index contributed by atoms with van der Waals surface area (Å²) in [6.07, 6.45) is 3.43. The molecule has 0 bridgehead atoms. The van der Waals surface area contributed by atoms with Crippen molar-refractivity contribution in [1.82, 2.24) is 15.3 Å². The fourth-order valence-corrected chi connectivity index (χ4v) is 5.23. The molecule has 42 heavy (non-hydrogen) atoms. The van der Waals surface area contributed by atoms with Crippen LogP contribution in [-0.2, 0) is 11.3 Å².